The van der Waals surface area contributed by atoms with Crippen LogP contribution in [-0.4, -0.2) is 75.6 Å². The van der Waals surface area contributed by atoms with Gasteiger partial charge in [-0.2, -0.15) is 4.31 Å². The molecule has 1 aliphatic rings. The van der Waals surface area contributed by atoms with Crippen molar-refractivity contribution >= 4 is 27.9 Å². The van der Waals surface area contributed by atoms with E-state index >= 15 is 0 Å². The number of urea groups is 1. The zero-order valence-corrected chi connectivity index (χ0v) is 16.8. The second kappa shape index (κ2) is 10.8. The molecule has 11 nitrogen and oxygen atoms in total. The topological polar surface area (TPSA) is 144 Å². The molecule has 2 rings (SSSR count). The molecule has 1 aromatic heterocycles. The van der Waals surface area contributed by atoms with E-state index in [0.717, 1.165) is 0 Å². The third-order valence-corrected chi connectivity index (χ3v) is 6.13. The maximum absolute atomic E-state index is 12.5. The summed E-state index contributed by atoms with van der Waals surface area (Å²) in [5.41, 5.74) is 0. The van der Waals surface area contributed by atoms with Crippen molar-refractivity contribution in [2.75, 3.05) is 40.0 Å². The first kappa shape index (κ1) is 22.7. The van der Waals surface area contributed by atoms with E-state index in [1.165, 1.54) is 29.9 Å². The van der Waals surface area contributed by atoms with Crippen LogP contribution in [0, 0.1) is 5.92 Å². The van der Waals surface area contributed by atoms with Crippen LogP contribution in [-0.2, 0) is 29.1 Å². The van der Waals surface area contributed by atoms with Gasteiger partial charge in [-0.15, -0.1) is 0 Å². The van der Waals surface area contributed by atoms with Gasteiger partial charge in [0.1, 0.15) is 4.90 Å². The predicted octanol–water partition coefficient (Wildman–Crippen LogP) is -0.502. The van der Waals surface area contributed by atoms with E-state index in [0.29, 0.717) is 6.61 Å². The van der Waals surface area contributed by atoms with Crippen molar-refractivity contribution in [2.45, 2.75) is 17.7 Å². The minimum Gasteiger partial charge on any atom is -0.455 e. The second-order valence-corrected chi connectivity index (χ2v) is 8.21. The first-order valence-corrected chi connectivity index (χ1v) is 10.4. The number of hydrogen-bond acceptors (Lipinski definition) is 8. The molecule has 0 aromatic carbocycles. The molecule has 1 fully saturated rings. The lowest BCUT2D eigenvalue weighted by Crippen LogP contribution is -2.43. The van der Waals surface area contributed by atoms with Gasteiger partial charge < -0.3 is 14.8 Å². The molecule has 0 atom stereocenters. The van der Waals surface area contributed by atoms with Crippen LogP contribution < -0.4 is 10.6 Å². The number of esters is 1. The van der Waals surface area contributed by atoms with E-state index in [-0.39, 0.29) is 37.4 Å². The van der Waals surface area contributed by atoms with Crippen molar-refractivity contribution in [3.05, 3.63) is 24.5 Å². The van der Waals surface area contributed by atoms with Crippen LogP contribution in [0.1, 0.15) is 12.8 Å². The number of imide groups is 1. The smallest absolute Gasteiger partial charge is 0.321 e. The molecular formula is C17H24N4O7S. The van der Waals surface area contributed by atoms with Crippen LogP contribution in [0.15, 0.2) is 29.4 Å². The number of ether oxygens (including phenoxy) is 2. The van der Waals surface area contributed by atoms with Crippen LogP contribution in [0.5, 0.6) is 0 Å². The summed E-state index contributed by atoms with van der Waals surface area (Å²) >= 11 is 0. The predicted molar refractivity (Wildman–Crippen MR) is 100 cm³/mol. The van der Waals surface area contributed by atoms with Crippen molar-refractivity contribution in [3.8, 4) is 0 Å². The Bertz CT molecular complexity index is 808. The molecule has 0 bridgehead atoms. The van der Waals surface area contributed by atoms with Crippen LogP contribution in [0.25, 0.3) is 0 Å². The highest BCUT2D eigenvalue weighted by Gasteiger charge is 2.33. The summed E-state index contributed by atoms with van der Waals surface area (Å²) < 4.78 is 36.1. The van der Waals surface area contributed by atoms with Gasteiger partial charge in [0.15, 0.2) is 6.61 Å². The summed E-state index contributed by atoms with van der Waals surface area (Å²) in [4.78, 5) is 39.1. The molecule has 0 saturated carbocycles. The average Bonchev–Trinajstić information content (AvgIpc) is 2.73. The molecule has 1 saturated heterocycles. The third kappa shape index (κ3) is 6.76. The number of methoxy groups -OCH3 is 1. The highest BCUT2D eigenvalue weighted by Crippen LogP contribution is 2.24. The fraction of sp³-hybridized carbons (Fsp3) is 0.529. The van der Waals surface area contributed by atoms with Gasteiger partial charge in [-0.05, 0) is 25.0 Å². The number of piperidine rings is 1. The van der Waals surface area contributed by atoms with Gasteiger partial charge in [-0.25, -0.2) is 13.2 Å². The van der Waals surface area contributed by atoms with E-state index in [2.05, 4.69) is 10.3 Å². The monoisotopic (exact) mass is 428 g/mol. The molecule has 1 aliphatic heterocycles. The fourth-order valence-corrected chi connectivity index (χ4v) is 4.14. The Balaban J connectivity index is 1.74. The minimum absolute atomic E-state index is 0.0986. The van der Waals surface area contributed by atoms with Crippen molar-refractivity contribution < 1.29 is 32.3 Å². The summed E-state index contributed by atoms with van der Waals surface area (Å²) in [6, 6.07) is 2.30. The molecule has 0 spiro atoms. The van der Waals surface area contributed by atoms with Crippen LogP contribution in [0.3, 0.4) is 0 Å². The van der Waals surface area contributed by atoms with Crippen LogP contribution in [0.2, 0.25) is 0 Å². The highest BCUT2D eigenvalue weighted by atomic mass is 32.2. The Labute approximate surface area is 168 Å². The SMILES string of the molecule is COCCNC(=O)NC(=O)COC(=O)C1CCN(S(=O)(=O)c2cccnc2)CC1. The Morgan fingerprint density at radius 1 is 1.28 bits per heavy atom. The van der Waals surface area contributed by atoms with E-state index in [4.69, 9.17) is 9.47 Å². The molecule has 0 unspecified atom stereocenters. The van der Waals surface area contributed by atoms with E-state index in [1.54, 1.807) is 6.07 Å². The quantitative estimate of drug-likeness (QED) is 0.416. The second-order valence-electron chi connectivity index (χ2n) is 6.27. The lowest BCUT2D eigenvalue weighted by Gasteiger charge is -2.29. The molecule has 2 N–H and O–H groups in total. The Morgan fingerprint density at radius 3 is 2.62 bits per heavy atom. The van der Waals surface area contributed by atoms with Gasteiger partial charge in [0, 0.05) is 39.1 Å². The number of amides is 3. The summed E-state index contributed by atoms with van der Waals surface area (Å²) in [7, 11) is -2.18. The standard InChI is InChI=1S/C17H24N4O7S/c1-27-10-7-19-17(24)20-15(22)12-28-16(23)13-4-8-21(9-5-13)29(25,26)14-3-2-6-18-11-14/h2-3,6,11,13H,4-5,7-10,12H2,1H3,(H2,19,20,22,24). The average molecular weight is 428 g/mol. The Hall–Kier alpha value is -2.57. The molecule has 160 valence electrons. The minimum atomic E-state index is -3.66. The third-order valence-electron chi connectivity index (χ3n) is 4.25. The summed E-state index contributed by atoms with van der Waals surface area (Å²) in [6.07, 6.45) is 3.31. The van der Waals surface area contributed by atoms with Gasteiger partial charge in [-0.3, -0.25) is 19.9 Å². The molecule has 12 heteroatoms. The Kier molecular flexibility index (Phi) is 8.49. The number of nitrogens with zero attached hydrogens (tertiary/aromatic N) is 2. The van der Waals surface area contributed by atoms with Gasteiger partial charge >= 0.3 is 12.0 Å². The zero-order valence-electron chi connectivity index (χ0n) is 16.0. The lowest BCUT2D eigenvalue weighted by molar-refractivity contribution is -0.153. The number of carbonyl (C=O) groups excluding carboxylic acids is 3. The highest BCUT2D eigenvalue weighted by molar-refractivity contribution is 7.89. The maximum Gasteiger partial charge on any atom is 0.321 e. The number of hydrogen-bond donors (Lipinski definition) is 2. The molecule has 29 heavy (non-hydrogen) atoms. The number of sulfonamides is 1. The van der Waals surface area contributed by atoms with Crippen LogP contribution >= 0.6 is 0 Å². The molecule has 1 aromatic rings. The summed E-state index contributed by atoms with van der Waals surface area (Å²) in [6.45, 7) is 0.253. The van der Waals surface area contributed by atoms with Gasteiger partial charge in [0.05, 0.1) is 12.5 Å². The van der Waals surface area contributed by atoms with Gasteiger partial charge in [0.2, 0.25) is 10.0 Å². The summed E-state index contributed by atoms with van der Waals surface area (Å²) in [5.74, 6) is -1.87. The van der Waals surface area contributed by atoms with Crippen LogP contribution in [0.4, 0.5) is 4.79 Å². The van der Waals surface area contributed by atoms with Gasteiger partial charge in [-0.1, -0.05) is 0 Å². The zero-order chi connectivity index (χ0) is 21.3. The Morgan fingerprint density at radius 2 is 2.00 bits per heavy atom. The largest absolute Gasteiger partial charge is 0.455 e. The fourth-order valence-electron chi connectivity index (χ4n) is 2.71. The molecule has 3 amide bonds. The first-order chi connectivity index (χ1) is 13.8. The molecule has 0 aliphatic carbocycles. The van der Waals surface area contributed by atoms with Crippen molar-refractivity contribution in [3.63, 3.8) is 0 Å². The normalized spacial score (nSPS) is 15.5. The number of nitrogens with one attached hydrogen (secondary N) is 2. The maximum atomic E-state index is 12.5. The number of rotatable bonds is 8. The van der Waals surface area contributed by atoms with Crippen molar-refractivity contribution in [2.24, 2.45) is 5.92 Å². The van der Waals surface area contributed by atoms with Crippen molar-refractivity contribution in [1.29, 1.82) is 0 Å². The molecular weight excluding hydrogens is 404 g/mol. The molecule has 2 heterocycles. The first-order valence-electron chi connectivity index (χ1n) is 8.98. The molecule has 0 radical (unpaired) electrons. The number of carbonyl (C=O) groups is 3. The number of aromatic nitrogens is 1. The van der Waals surface area contributed by atoms with Crippen molar-refractivity contribution in [1.82, 2.24) is 19.9 Å². The van der Waals surface area contributed by atoms with Gasteiger partial charge in [0.25, 0.3) is 5.91 Å². The van der Waals surface area contributed by atoms with E-state index in [9.17, 15) is 22.8 Å². The number of pyridine rings is 1. The van der Waals surface area contributed by atoms with E-state index in [1.807, 2.05) is 5.32 Å². The summed E-state index contributed by atoms with van der Waals surface area (Å²) in [5, 5.41) is 4.42. The lowest BCUT2D eigenvalue weighted by atomic mass is 9.98. The van der Waals surface area contributed by atoms with E-state index < -0.39 is 40.5 Å².